The second kappa shape index (κ2) is 8.94. The molecule has 34 heavy (non-hydrogen) atoms. The normalized spacial score (nSPS) is 11.2. The summed E-state index contributed by atoms with van der Waals surface area (Å²) in [6.45, 7) is 2.33. The van der Waals surface area contributed by atoms with Gasteiger partial charge in [0.15, 0.2) is 0 Å². The molecule has 0 bridgehead atoms. The van der Waals surface area contributed by atoms with Crippen molar-refractivity contribution in [2.75, 3.05) is 5.32 Å². The van der Waals surface area contributed by atoms with Crippen LogP contribution in [0.25, 0.3) is 22.2 Å². The quantitative estimate of drug-likeness (QED) is 0.405. The summed E-state index contributed by atoms with van der Waals surface area (Å²) in [5.74, 6) is -0.775. The van der Waals surface area contributed by atoms with E-state index < -0.39 is 5.82 Å². The highest BCUT2D eigenvalue weighted by molar-refractivity contribution is 5.94. The molecule has 0 aromatic heterocycles. The van der Waals surface area contributed by atoms with Gasteiger partial charge in [-0.15, -0.1) is 0 Å². The second-order valence-corrected chi connectivity index (χ2v) is 8.23. The smallest absolute Gasteiger partial charge is 0.278 e. The van der Waals surface area contributed by atoms with E-state index in [0.29, 0.717) is 28.9 Å². The van der Waals surface area contributed by atoms with Gasteiger partial charge in [0.2, 0.25) is 5.91 Å². The van der Waals surface area contributed by atoms with Crippen molar-refractivity contribution < 1.29 is 9.18 Å². The van der Waals surface area contributed by atoms with Gasteiger partial charge < -0.3 is 9.88 Å². The third-order valence-electron chi connectivity index (χ3n) is 5.88. The topological polar surface area (TPSA) is 68.9 Å². The monoisotopic (exact) mass is 454 g/mol. The average Bonchev–Trinajstić information content (AvgIpc) is 3.15. The minimum Gasteiger partial charge on any atom is -0.342 e. The maximum absolute atomic E-state index is 14.2. The number of amides is 1. The lowest BCUT2D eigenvalue weighted by atomic mass is 10.1. The number of hydrogen-bond acceptors (Lipinski definition) is 3. The number of halogens is 1. The highest BCUT2D eigenvalue weighted by Gasteiger charge is 2.22. The molecule has 2 aliphatic rings. The fraction of sp³-hybridized carbons (Fsp3) is 0.148. The van der Waals surface area contributed by atoms with Crippen molar-refractivity contribution in [1.29, 1.82) is 0 Å². The van der Waals surface area contributed by atoms with Gasteiger partial charge in [0.25, 0.3) is 5.56 Å². The summed E-state index contributed by atoms with van der Waals surface area (Å²) in [4.78, 5) is 25.8. The van der Waals surface area contributed by atoms with Crippen LogP contribution in [-0.4, -0.2) is 20.3 Å². The van der Waals surface area contributed by atoms with Crippen LogP contribution in [0.5, 0.6) is 0 Å². The Kier molecular flexibility index (Phi) is 5.67. The average molecular weight is 455 g/mol. The van der Waals surface area contributed by atoms with Crippen molar-refractivity contribution in [3.8, 4) is 11.3 Å². The van der Waals surface area contributed by atoms with Crippen molar-refractivity contribution in [3.63, 3.8) is 0 Å². The van der Waals surface area contributed by atoms with E-state index in [1.807, 2.05) is 59.2 Å². The number of pyridine rings is 1. The Balaban J connectivity index is 1.51. The van der Waals surface area contributed by atoms with E-state index >= 15 is 0 Å². The number of nitrogens with one attached hydrogen (secondary N) is 1. The first kappa shape index (κ1) is 21.6. The minimum atomic E-state index is -0.415. The van der Waals surface area contributed by atoms with Gasteiger partial charge in [0.05, 0.1) is 11.1 Å². The molecule has 3 aromatic carbocycles. The number of anilines is 1. The summed E-state index contributed by atoms with van der Waals surface area (Å²) in [5, 5.41) is 7.73. The molecule has 3 aromatic rings. The van der Waals surface area contributed by atoms with E-state index in [0.717, 1.165) is 22.2 Å². The molecule has 0 saturated carbocycles. The van der Waals surface area contributed by atoms with Crippen molar-refractivity contribution in [3.05, 3.63) is 106 Å². The summed E-state index contributed by atoms with van der Waals surface area (Å²) in [5.41, 5.74) is 3.95. The Morgan fingerprint density at radius 2 is 1.76 bits per heavy atom. The molecule has 0 fully saturated rings. The summed E-state index contributed by atoms with van der Waals surface area (Å²) >= 11 is 0. The molecule has 6 nitrogen and oxygen atoms in total. The Labute approximate surface area is 195 Å². The summed E-state index contributed by atoms with van der Waals surface area (Å²) < 4.78 is 17.2. The lowest BCUT2D eigenvalue weighted by molar-refractivity contribution is -0.116. The number of fused-ring (bicyclic) bond motifs is 3. The van der Waals surface area contributed by atoms with Crippen LogP contribution < -0.4 is 10.9 Å². The van der Waals surface area contributed by atoms with Crippen LogP contribution in [0.15, 0.2) is 83.8 Å². The van der Waals surface area contributed by atoms with Gasteiger partial charge in [-0.3, -0.25) is 9.59 Å². The third-order valence-corrected chi connectivity index (χ3v) is 5.88. The molecule has 0 unspecified atom stereocenters. The molecule has 0 radical (unpaired) electrons. The zero-order valence-corrected chi connectivity index (χ0v) is 18.7. The third kappa shape index (κ3) is 4.20. The molecule has 1 N–H and O–H groups in total. The highest BCUT2D eigenvalue weighted by atomic mass is 19.1. The van der Waals surface area contributed by atoms with Gasteiger partial charge in [-0.25, -0.2) is 9.07 Å². The number of nitrogens with zero attached hydrogens (tertiary/aromatic N) is 3. The van der Waals surface area contributed by atoms with Gasteiger partial charge >= 0.3 is 0 Å². The van der Waals surface area contributed by atoms with E-state index in [2.05, 4.69) is 17.3 Å². The Hall–Kier alpha value is -4.26. The van der Waals surface area contributed by atoms with Crippen LogP contribution in [-0.2, 0) is 24.3 Å². The molecule has 2 heterocycles. The summed E-state index contributed by atoms with van der Waals surface area (Å²) in [7, 11) is 0. The first-order chi connectivity index (χ1) is 16.5. The largest absolute Gasteiger partial charge is 0.342 e. The predicted molar refractivity (Wildman–Crippen MR) is 131 cm³/mol. The molecule has 170 valence electrons. The van der Waals surface area contributed by atoms with Gasteiger partial charge in [-0.05, 0) is 47.9 Å². The minimum absolute atomic E-state index is 0.238. The number of carbonyl (C=O) groups excluding carboxylic acids is 1. The van der Waals surface area contributed by atoms with E-state index in [-0.39, 0.29) is 18.0 Å². The lowest BCUT2D eigenvalue weighted by Gasteiger charge is -2.14. The molecule has 0 atom stereocenters. The van der Waals surface area contributed by atoms with E-state index in [4.69, 9.17) is 0 Å². The molecule has 2 aliphatic heterocycles. The van der Waals surface area contributed by atoms with E-state index in [1.54, 1.807) is 12.3 Å². The van der Waals surface area contributed by atoms with Crippen molar-refractivity contribution in [1.82, 2.24) is 14.3 Å². The number of aromatic nitrogens is 3. The van der Waals surface area contributed by atoms with Crippen molar-refractivity contribution >= 4 is 22.5 Å². The van der Waals surface area contributed by atoms with Crippen LogP contribution >= 0.6 is 0 Å². The summed E-state index contributed by atoms with van der Waals surface area (Å²) in [6.07, 6.45) is 2.64. The number of carbonyl (C=O) groups is 1. The lowest BCUT2D eigenvalue weighted by Crippen LogP contribution is -2.26. The molecule has 1 amide bonds. The number of aryl methyl sites for hydroxylation is 1. The molecule has 5 rings (SSSR count). The van der Waals surface area contributed by atoms with Gasteiger partial charge in [0.1, 0.15) is 18.1 Å². The first-order valence-corrected chi connectivity index (χ1v) is 11.1. The molecular formula is C27H23FN4O2. The number of benzene rings is 3. The first-order valence-electron chi connectivity index (χ1n) is 11.1. The van der Waals surface area contributed by atoms with Crippen LogP contribution in [0.4, 0.5) is 10.1 Å². The fourth-order valence-corrected chi connectivity index (χ4v) is 4.13. The summed E-state index contributed by atoms with van der Waals surface area (Å²) in [6, 6.07) is 21.8. The maximum atomic E-state index is 14.2. The van der Waals surface area contributed by atoms with Crippen LogP contribution in [0.1, 0.15) is 18.1 Å². The van der Waals surface area contributed by atoms with E-state index in [1.165, 1.54) is 17.7 Å². The van der Waals surface area contributed by atoms with Crippen LogP contribution in [0.3, 0.4) is 0 Å². The maximum Gasteiger partial charge on any atom is 0.278 e. The number of rotatable bonds is 6. The Morgan fingerprint density at radius 3 is 2.50 bits per heavy atom. The van der Waals surface area contributed by atoms with Gasteiger partial charge in [-0.2, -0.15) is 5.10 Å². The fourth-order valence-electron chi connectivity index (χ4n) is 4.13. The predicted octanol–water partition coefficient (Wildman–Crippen LogP) is 4.69. The number of hydrogen-bond donors (Lipinski definition) is 1. The molecule has 0 aliphatic carbocycles. The SMILES string of the molecule is CCc1ccc(NC(=O)Cn2nc3c4cc(F)ccc4n(Cc4ccccc4)cc-3c2=O)cc1. The zero-order chi connectivity index (χ0) is 23.7. The van der Waals surface area contributed by atoms with Gasteiger partial charge in [0, 0.05) is 23.8 Å². The zero-order valence-electron chi connectivity index (χ0n) is 18.7. The van der Waals surface area contributed by atoms with Crippen molar-refractivity contribution in [2.24, 2.45) is 0 Å². The molecule has 0 saturated heterocycles. The highest BCUT2D eigenvalue weighted by Crippen LogP contribution is 2.28. The second-order valence-electron chi connectivity index (χ2n) is 8.23. The molecular weight excluding hydrogens is 431 g/mol. The molecule has 0 spiro atoms. The Bertz CT molecular complexity index is 1500. The van der Waals surface area contributed by atoms with Crippen LogP contribution in [0.2, 0.25) is 0 Å². The van der Waals surface area contributed by atoms with Gasteiger partial charge in [-0.1, -0.05) is 49.4 Å². The van der Waals surface area contributed by atoms with E-state index in [9.17, 15) is 14.0 Å². The Morgan fingerprint density at radius 1 is 1.00 bits per heavy atom. The van der Waals surface area contributed by atoms with Crippen LogP contribution in [0, 0.1) is 5.82 Å². The standard InChI is InChI=1S/C27H23FN4O2/c1-2-18-8-11-21(12-9-18)29-25(33)17-32-27(34)23-16-31(15-19-6-4-3-5-7-19)24-13-10-20(28)14-22(24)26(23)30-32/h3-14,16H,2,15,17H2,1H3,(H,29,33). The van der Waals surface area contributed by atoms with Crippen molar-refractivity contribution in [2.45, 2.75) is 26.4 Å². The molecule has 7 heteroatoms.